The quantitative estimate of drug-likeness (QED) is 0.317. The van der Waals surface area contributed by atoms with Crippen molar-refractivity contribution in [2.24, 2.45) is 0 Å². The second-order valence-corrected chi connectivity index (χ2v) is 8.23. The number of hydrogen-bond donors (Lipinski definition) is 0. The Morgan fingerprint density at radius 2 is 1.71 bits per heavy atom. The fourth-order valence-corrected chi connectivity index (χ4v) is 4.08. The lowest BCUT2D eigenvalue weighted by Gasteiger charge is -2.13. The van der Waals surface area contributed by atoms with Crippen molar-refractivity contribution in [2.45, 2.75) is 57.3 Å². The number of halogens is 2. The van der Waals surface area contributed by atoms with Gasteiger partial charge in [-0.25, -0.2) is 0 Å². The first kappa shape index (κ1) is 22.5. The Kier molecular flexibility index (Phi) is 10.7. The molecule has 0 amide bonds. The first-order valence-corrected chi connectivity index (χ1v) is 11.1. The zero-order valence-electron chi connectivity index (χ0n) is 16.6. The number of thioether (sulfide) groups is 1. The summed E-state index contributed by atoms with van der Waals surface area (Å²) < 4.78 is 31.3. The van der Waals surface area contributed by atoms with Crippen molar-refractivity contribution >= 4 is 11.8 Å². The van der Waals surface area contributed by atoms with E-state index in [-0.39, 0.29) is 5.25 Å². The van der Waals surface area contributed by atoms with Gasteiger partial charge >= 0.3 is 0 Å². The Balaban J connectivity index is 1.77. The second kappa shape index (κ2) is 13.4. The number of benzene rings is 2. The first-order chi connectivity index (χ1) is 13.7. The molecule has 0 aliphatic rings. The summed E-state index contributed by atoms with van der Waals surface area (Å²) in [4.78, 5) is 0. The van der Waals surface area contributed by atoms with Gasteiger partial charge in [0.25, 0.3) is 6.08 Å². The van der Waals surface area contributed by atoms with Gasteiger partial charge in [0.05, 0.1) is 0 Å². The fourth-order valence-electron chi connectivity index (χ4n) is 2.92. The van der Waals surface area contributed by atoms with E-state index >= 15 is 0 Å². The zero-order valence-corrected chi connectivity index (χ0v) is 17.4. The topological polar surface area (TPSA) is 9.23 Å². The molecule has 2 rings (SSSR count). The molecule has 0 aliphatic carbocycles. The number of aryl methyl sites for hydroxylation is 1. The molecule has 0 bridgehead atoms. The molecule has 2 aromatic carbocycles. The summed E-state index contributed by atoms with van der Waals surface area (Å²) in [5, 5.41) is -0.124. The molecule has 152 valence electrons. The van der Waals surface area contributed by atoms with Crippen LogP contribution in [0.25, 0.3) is 0 Å². The van der Waals surface area contributed by atoms with Crippen molar-refractivity contribution in [1.82, 2.24) is 0 Å². The lowest BCUT2D eigenvalue weighted by atomic mass is 10.1. The molecule has 28 heavy (non-hydrogen) atoms. The van der Waals surface area contributed by atoms with E-state index in [9.17, 15) is 8.78 Å². The second-order valence-electron chi connectivity index (χ2n) is 6.88. The Hall–Kier alpha value is -1.81. The molecular weight excluding hydrogens is 374 g/mol. The van der Waals surface area contributed by atoms with Crippen molar-refractivity contribution in [3.05, 3.63) is 77.9 Å². The normalized spacial score (nSPS) is 11.8. The summed E-state index contributed by atoms with van der Waals surface area (Å²) in [7, 11) is 0. The van der Waals surface area contributed by atoms with Crippen LogP contribution >= 0.6 is 11.8 Å². The summed E-state index contributed by atoms with van der Waals surface area (Å²) in [6, 6.07) is 18.0. The standard InChI is InChI=1S/C24H30F2OS/c1-2-3-4-8-17-28-23(18-24(25)26)16-13-20-11-14-22(15-12-20)27-19-21-9-6-5-7-10-21/h5-7,9-12,14-15,18,23H,2-4,8,13,16-17,19H2,1H3/t23-/m1/s1. The highest BCUT2D eigenvalue weighted by molar-refractivity contribution is 8.00. The average molecular weight is 405 g/mol. The molecule has 0 fully saturated rings. The Labute approximate surface area is 172 Å². The molecule has 0 saturated carbocycles. The predicted molar refractivity (Wildman–Crippen MR) is 116 cm³/mol. The highest BCUT2D eigenvalue weighted by Gasteiger charge is 2.09. The maximum absolute atomic E-state index is 12.7. The van der Waals surface area contributed by atoms with Gasteiger partial charge in [-0.1, -0.05) is 68.7 Å². The van der Waals surface area contributed by atoms with Gasteiger partial charge in [0.2, 0.25) is 0 Å². The maximum atomic E-state index is 12.7. The highest BCUT2D eigenvalue weighted by atomic mass is 32.2. The van der Waals surface area contributed by atoms with Gasteiger partial charge in [-0.2, -0.15) is 20.5 Å². The summed E-state index contributed by atoms with van der Waals surface area (Å²) >= 11 is 1.65. The number of rotatable bonds is 13. The molecule has 2 aromatic rings. The number of unbranched alkanes of at least 4 members (excludes halogenated alkanes) is 3. The molecular formula is C24H30F2OS. The minimum Gasteiger partial charge on any atom is -0.489 e. The summed E-state index contributed by atoms with van der Waals surface area (Å²) in [5.41, 5.74) is 2.28. The third kappa shape index (κ3) is 9.41. The van der Waals surface area contributed by atoms with Crippen LogP contribution in [-0.2, 0) is 13.0 Å². The van der Waals surface area contributed by atoms with Crippen molar-refractivity contribution in [3.63, 3.8) is 0 Å². The highest BCUT2D eigenvalue weighted by Crippen LogP contribution is 2.23. The molecule has 0 saturated heterocycles. The van der Waals surface area contributed by atoms with Crippen LogP contribution < -0.4 is 4.74 Å². The minimum absolute atomic E-state index is 0.124. The molecule has 4 heteroatoms. The van der Waals surface area contributed by atoms with E-state index in [1.807, 2.05) is 54.6 Å². The van der Waals surface area contributed by atoms with E-state index in [2.05, 4.69) is 6.92 Å². The first-order valence-electron chi connectivity index (χ1n) is 10.1. The lowest BCUT2D eigenvalue weighted by Crippen LogP contribution is -2.03. The third-order valence-electron chi connectivity index (χ3n) is 4.53. The van der Waals surface area contributed by atoms with Gasteiger partial charge in [0.15, 0.2) is 0 Å². The van der Waals surface area contributed by atoms with E-state index in [1.165, 1.54) is 19.3 Å². The van der Waals surface area contributed by atoms with Gasteiger partial charge in [-0.05, 0) is 54.4 Å². The summed E-state index contributed by atoms with van der Waals surface area (Å²) in [6.07, 6.45) is 5.75. The SMILES string of the molecule is CCCCCCS[C@@H](C=C(F)F)CCc1ccc(OCc2ccccc2)cc1. The third-order valence-corrected chi connectivity index (χ3v) is 5.86. The molecule has 0 heterocycles. The van der Waals surface area contributed by atoms with E-state index in [0.29, 0.717) is 6.61 Å². The van der Waals surface area contributed by atoms with Crippen LogP contribution in [0.5, 0.6) is 5.75 Å². The van der Waals surface area contributed by atoms with E-state index in [0.717, 1.165) is 48.0 Å². The fraction of sp³-hybridized carbons (Fsp3) is 0.417. The van der Waals surface area contributed by atoms with Gasteiger partial charge in [-0.3, -0.25) is 0 Å². The van der Waals surface area contributed by atoms with Crippen molar-refractivity contribution in [2.75, 3.05) is 5.75 Å². The van der Waals surface area contributed by atoms with Crippen LogP contribution in [0.15, 0.2) is 66.8 Å². The zero-order chi connectivity index (χ0) is 20.0. The Morgan fingerprint density at radius 3 is 2.39 bits per heavy atom. The molecule has 0 aromatic heterocycles. The smallest absolute Gasteiger partial charge is 0.267 e. The molecule has 0 unspecified atom stereocenters. The van der Waals surface area contributed by atoms with Crippen molar-refractivity contribution in [3.8, 4) is 5.75 Å². The summed E-state index contributed by atoms with van der Waals surface area (Å²) in [5.74, 6) is 1.77. The van der Waals surface area contributed by atoms with Crippen LogP contribution in [0.2, 0.25) is 0 Å². The van der Waals surface area contributed by atoms with Gasteiger partial charge < -0.3 is 4.74 Å². The van der Waals surface area contributed by atoms with Crippen LogP contribution in [0.4, 0.5) is 8.78 Å². The predicted octanol–water partition coefficient (Wildman–Crippen LogP) is 7.66. The van der Waals surface area contributed by atoms with E-state index in [4.69, 9.17) is 4.74 Å². The molecule has 0 aliphatic heterocycles. The van der Waals surface area contributed by atoms with Gasteiger partial charge in [0.1, 0.15) is 12.4 Å². The Morgan fingerprint density at radius 1 is 0.964 bits per heavy atom. The van der Waals surface area contributed by atoms with Crippen LogP contribution in [0, 0.1) is 0 Å². The van der Waals surface area contributed by atoms with Gasteiger partial charge in [0, 0.05) is 5.25 Å². The monoisotopic (exact) mass is 404 g/mol. The van der Waals surface area contributed by atoms with Crippen LogP contribution in [-0.4, -0.2) is 11.0 Å². The largest absolute Gasteiger partial charge is 0.489 e. The van der Waals surface area contributed by atoms with Crippen molar-refractivity contribution in [1.29, 1.82) is 0 Å². The molecule has 0 radical (unpaired) electrons. The molecule has 1 nitrogen and oxygen atoms in total. The number of ether oxygens (including phenoxy) is 1. The maximum Gasteiger partial charge on any atom is 0.267 e. The summed E-state index contributed by atoms with van der Waals surface area (Å²) in [6.45, 7) is 2.71. The van der Waals surface area contributed by atoms with Crippen LogP contribution in [0.3, 0.4) is 0 Å². The molecule has 0 N–H and O–H groups in total. The van der Waals surface area contributed by atoms with Crippen molar-refractivity contribution < 1.29 is 13.5 Å². The average Bonchev–Trinajstić information content (AvgIpc) is 2.71. The van der Waals surface area contributed by atoms with E-state index < -0.39 is 6.08 Å². The van der Waals surface area contributed by atoms with E-state index in [1.54, 1.807) is 11.8 Å². The molecule has 0 spiro atoms. The van der Waals surface area contributed by atoms with Gasteiger partial charge in [-0.15, -0.1) is 0 Å². The minimum atomic E-state index is -1.57. The van der Waals surface area contributed by atoms with Crippen LogP contribution in [0.1, 0.15) is 50.2 Å². The lowest BCUT2D eigenvalue weighted by molar-refractivity contribution is 0.306. The molecule has 1 atom stereocenters. The number of hydrogen-bond acceptors (Lipinski definition) is 2. The Bertz CT molecular complexity index is 682.